The smallest absolute Gasteiger partial charge is 0.213 e. The summed E-state index contributed by atoms with van der Waals surface area (Å²) in [5.41, 5.74) is 0. The fraction of sp³-hybridized carbons (Fsp3) is 0.333. The Kier molecular flexibility index (Phi) is 5.59. The highest BCUT2D eigenvalue weighted by Crippen LogP contribution is 2.22. The second-order valence-electron chi connectivity index (χ2n) is 1.42. The van der Waals surface area contributed by atoms with Gasteiger partial charge in [-0.05, 0) is 12.7 Å². The summed E-state index contributed by atoms with van der Waals surface area (Å²) in [5.74, 6) is 1.55. The van der Waals surface area contributed by atoms with Gasteiger partial charge in [-0.1, -0.05) is 12.2 Å². The van der Waals surface area contributed by atoms with Gasteiger partial charge in [0.25, 0.3) is 0 Å². The van der Waals surface area contributed by atoms with Gasteiger partial charge in [0.05, 0.1) is 6.61 Å². The van der Waals surface area contributed by atoms with Crippen LogP contribution in [0.1, 0.15) is 6.92 Å². The molecule has 0 heterocycles. The third-order valence-corrected chi connectivity index (χ3v) is 1.70. The summed E-state index contributed by atoms with van der Waals surface area (Å²) in [6, 6.07) is 0. The summed E-state index contributed by atoms with van der Waals surface area (Å²) in [6.45, 7) is 5.59. The van der Waals surface area contributed by atoms with Crippen LogP contribution < -0.4 is 0 Å². The molecule has 0 aliphatic carbocycles. The third-order valence-electron chi connectivity index (χ3n) is 0.646. The van der Waals surface area contributed by atoms with E-state index in [1.54, 1.807) is 24.9 Å². The summed E-state index contributed by atoms with van der Waals surface area (Å²) < 4.78 is 15.4. The minimum atomic E-state index is -1.90. The maximum atomic E-state index is 10.6. The molecule has 0 spiro atoms. The van der Waals surface area contributed by atoms with Crippen molar-refractivity contribution in [2.75, 3.05) is 6.61 Å². The van der Waals surface area contributed by atoms with Crippen LogP contribution in [0.4, 0.5) is 0 Å². The van der Waals surface area contributed by atoms with Gasteiger partial charge in [-0.25, -0.2) is 0 Å². The topological polar surface area (TPSA) is 26.3 Å². The molecule has 2 nitrogen and oxygen atoms in total. The second kappa shape index (κ2) is 5.80. The lowest BCUT2D eigenvalue weighted by Gasteiger charge is -1.92. The van der Waals surface area contributed by atoms with Gasteiger partial charge >= 0.3 is 0 Å². The van der Waals surface area contributed by atoms with E-state index in [9.17, 15) is 4.57 Å². The monoisotopic (exact) mass is 146 g/mol. The van der Waals surface area contributed by atoms with Gasteiger partial charge < -0.3 is 4.52 Å². The van der Waals surface area contributed by atoms with Crippen LogP contribution in [-0.4, -0.2) is 6.61 Å². The first-order chi connectivity index (χ1) is 4.31. The molecule has 0 fully saturated rings. The van der Waals surface area contributed by atoms with Crippen LogP contribution in [0.15, 0.2) is 24.5 Å². The van der Waals surface area contributed by atoms with Crippen LogP contribution in [0.5, 0.6) is 0 Å². The average molecular weight is 146 g/mol. The zero-order chi connectivity index (χ0) is 7.11. The van der Waals surface area contributed by atoms with Crippen molar-refractivity contribution in [3.8, 4) is 0 Å². The van der Waals surface area contributed by atoms with E-state index in [1.807, 2.05) is 0 Å². The van der Waals surface area contributed by atoms with Crippen molar-refractivity contribution in [3.05, 3.63) is 24.5 Å². The highest BCUT2D eigenvalue weighted by atomic mass is 31.1. The van der Waals surface area contributed by atoms with Gasteiger partial charge in [0.2, 0.25) is 8.03 Å². The Morgan fingerprint density at radius 3 is 2.89 bits per heavy atom. The van der Waals surface area contributed by atoms with Gasteiger partial charge in [0.1, 0.15) is 0 Å². The minimum absolute atomic E-state index is 0.363. The van der Waals surface area contributed by atoms with Gasteiger partial charge in [-0.2, -0.15) is 0 Å². The van der Waals surface area contributed by atoms with Crippen molar-refractivity contribution in [2.45, 2.75) is 6.92 Å². The van der Waals surface area contributed by atoms with Crippen molar-refractivity contribution >= 4 is 8.03 Å². The normalized spacial score (nSPS) is 13.9. The summed E-state index contributed by atoms with van der Waals surface area (Å²) in [6.07, 6.45) is 3.29. The highest BCUT2D eigenvalue weighted by Gasteiger charge is 1.86. The Morgan fingerprint density at radius 2 is 2.44 bits per heavy atom. The van der Waals surface area contributed by atoms with Gasteiger partial charge in [0, 0.05) is 0 Å². The van der Waals surface area contributed by atoms with Crippen molar-refractivity contribution in [3.63, 3.8) is 0 Å². The van der Waals surface area contributed by atoms with E-state index in [1.165, 1.54) is 0 Å². The Labute approximate surface area is 56.1 Å². The molecule has 0 aromatic heterocycles. The third kappa shape index (κ3) is 5.54. The summed E-state index contributed by atoms with van der Waals surface area (Å²) in [5, 5.41) is 0. The molecule has 52 valence electrons. The summed E-state index contributed by atoms with van der Waals surface area (Å²) >= 11 is 0. The quantitative estimate of drug-likeness (QED) is 0.449. The molecule has 0 N–H and O–H groups in total. The van der Waals surface area contributed by atoms with Crippen molar-refractivity contribution in [1.29, 1.82) is 0 Å². The molecule has 0 radical (unpaired) electrons. The molecule has 0 bridgehead atoms. The molecule has 0 saturated heterocycles. The number of rotatable bonds is 4. The molecular formula is C6H11O2P. The molecule has 9 heavy (non-hydrogen) atoms. The zero-order valence-electron chi connectivity index (χ0n) is 5.46. The zero-order valence-corrected chi connectivity index (χ0v) is 6.46. The fourth-order valence-corrected chi connectivity index (χ4v) is 0.976. The van der Waals surface area contributed by atoms with Crippen LogP contribution in [0.3, 0.4) is 0 Å². The number of allylic oxidation sites excluding steroid dienone is 1. The largest absolute Gasteiger partial charge is 0.324 e. The van der Waals surface area contributed by atoms with Crippen LogP contribution in [0, 0.1) is 0 Å². The van der Waals surface area contributed by atoms with E-state index < -0.39 is 8.03 Å². The molecule has 0 saturated carbocycles. The summed E-state index contributed by atoms with van der Waals surface area (Å²) in [4.78, 5) is 0. The molecule has 1 unspecified atom stereocenters. The maximum absolute atomic E-state index is 10.6. The Hall–Kier alpha value is -0.330. The minimum Gasteiger partial charge on any atom is -0.324 e. The van der Waals surface area contributed by atoms with Gasteiger partial charge in [-0.3, -0.25) is 4.57 Å². The summed E-state index contributed by atoms with van der Waals surface area (Å²) in [7, 11) is -1.90. The Balaban J connectivity index is 3.38. The first kappa shape index (κ1) is 8.67. The van der Waals surface area contributed by atoms with Crippen molar-refractivity contribution in [2.24, 2.45) is 0 Å². The van der Waals surface area contributed by atoms with Gasteiger partial charge in [-0.15, -0.1) is 6.58 Å². The Bertz CT molecular complexity index is 129. The fourth-order valence-electron chi connectivity index (χ4n) is 0.325. The number of hydrogen-bond donors (Lipinski definition) is 0. The molecule has 3 heteroatoms. The number of hydrogen-bond acceptors (Lipinski definition) is 2. The van der Waals surface area contributed by atoms with Crippen LogP contribution >= 0.6 is 8.03 Å². The van der Waals surface area contributed by atoms with Crippen LogP contribution in [0.25, 0.3) is 0 Å². The van der Waals surface area contributed by atoms with E-state index in [0.29, 0.717) is 6.61 Å². The average Bonchev–Trinajstić information content (AvgIpc) is 1.85. The van der Waals surface area contributed by atoms with E-state index in [2.05, 4.69) is 6.58 Å². The predicted octanol–water partition coefficient (Wildman–Crippen LogP) is 2.20. The van der Waals surface area contributed by atoms with Crippen molar-refractivity contribution < 1.29 is 9.09 Å². The SMILES string of the molecule is C=CCO[PH](=O)C=CC. The maximum Gasteiger partial charge on any atom is 0.213 e. The van der Waals surface area contributed by atoms with Gasteiger partial charge in [0.15, 0.2) is 0 Å². The lowest BCUT2D eigenvalue weighted by atomic mass is 10.7. The first-order valence-electron chi connectivity index (χ1n) is 2.71. The van der Waals surface area contributed by atoms with Crippen molar-refractivity contribution in [1.82, 2.24) is 0 Å². The van der Waals surface area contributed by atoms with E-state index >= 15 is 0 Å². The van der Waals surface area contributed by atoms with Crippen LogP contribution in [0.2, 0.25) is 0 Å². The van der Waals surface area contributed by atoms with Crippen LogP contribution in [-0.2, 0) is 9.09 Å². The van der Waals surface area contributed by atoms with E-state index in [0.717, 1.165) is 0 Å². The Morgan fingerprint density at radius 1 is 1.78 bits per heavy atom. The highest BCUT2D eigenvalue weighted by molar-refractivity contribution is 7.42. The molecular weight excluding hydrogens is 135 g/mol. The lowest BCUT2D eigenvalue weighted by molar-refractivity contribution is 0.378. The molecule has 0 aromatic carbocycles. The molecule has 0 aliphatic rings. The lowest BCUT2D eigenvalue weighted by Crippen LogP contribution is -1.75. The standard InChI is InChI=1S/C6H11O2P/c1-3-5-8-9(7)6-4-2/h3-4,6,9H,1,5H2,2H3. The second-order valence-corrected chi connectivity index (χ2v) is 2.68. The predicted molar refractivity (Wildman–Crippen MR) is 40.0 cm³/mol. The van der Waals surface area contributed by atoms with E-state index in [4.69, 9.17) is 4.52 Å². The molecule has 0 rings (SSSR count). The molecule has 1 atom stereocenters. The molecule has 0 aliphatic heterocycles. The van der Waals surface area contributed by atoms with E-state index in [-0.39, 0.29) is 0 Å². The first-order valence-corrected chi connectivity index (χ1v) is 4.11. The molecule has 0 aromatic rings. The molecule has 0 amide bonds.